The third-order valence-corrected chi connectivity index (χ3v) is 2.70. The fourth-order valence-corrected chi connectivity index (χ4v) is 1.64. The van der Waals surface area contributed by atoms with Crippen molar-refractivity contribution in [2.45, 2.75) is 0 Å². The third kappa shape index (κ3) is 7.32. The van der Waals surface area contributed by atoms with Crippen molar-refractivity contribution >= 4 is 21.6 Å². The lowest BCUT2D eigenvalue weighted by Crippen LogP contribution is -2.13. The molecule has 0 unspecified atom stereocenters. The van der Waals surface area contributed by atoms with Crippen LogP contribution in [0.25, 0.3) is 0 Å². The lowest BCUT2D eigenvalue weighted by atomic mass is 10.4. The summed E-state index contributed by atoms with van der Waals surface area (Å²) in [4.78, 5) is 14.2. The summed E-state index contributed by atoms with van der Waals surface area (Å²) >= 11 is 3.12. The molecular formula is C12H17BrN2O6. The minimum Gasteiger partial charge on any atom is -0.470 e. The van der Waals surface area contributed by atoms with Crippen molar-refractivity contribution in [3.05, 3.63) is 26.9 Å². The van der Waals surface area contributed by atoms with Gasteiger partial charge in [-0.3, -0.25) is 10.1 Å². The van der Waals surface area contributed by atoms with Crippen LogP contribution < -0.4 is 4.74 Å². The van der Waals surface area contributed by atoms with Gasteiger partial charge in [0.05, 0.1) is 38.0 Å². The molecule has 8 nitrogen and oxygen atoms in total. The van der Waals surface area contributed by atoms with Crippen LogP contribution in [0.4, 0.5) is 5.69 Å². The van der Waals surface area contributed by atoms with Gasteiger partial charge in [0.15, 0.2) is 0 Å². The monoisotopic (exact) mass is 364 g/mol. The minimum absolute atomic E-state index is 0.0249. The van der Waals surface area contributed by atoms with Crippen molar-refractivity contribution in [2.24, 2.45) is 0 Å². The van der Waals surface area contributed by atoms with E-state index in [9.17, 15) is 10.1 Å². The van der Waals surface area contributed by atoms with E-state index in [0.717, 1.165) is 0 Å². The number of pyridine rings is 1. The molecule has 0 aliphatic heterocycles. The van der Waals surface area contributed by atoms with E-state index in [-0.39, 0.29) is 18.2 Å². The second-order valence-corrected chi connectivity index (χ2v) is 4.72. The van der Waals surface area contributed by atoms with Crippen LogP contribution in [0, 0.1) is 10.1 Å². The quantitative estimate of drug-likeness (QED) is 0.335. The lowest BCUT2D eigenvalue weighted by Gasteiger charge is -2.07. The molecule has 0 saturated heterocycles. The summed E-state index contributed by atoms with van der Waals surface area (Å²) in [5.41, 5.74) is -0.188. The molecule has 118 valence electrons. The highest BCUT2D eigenvalue weighted by Gasteiger charge is 2.17. The lowest BCUT2D eigenvalue weighted by molar-refractivity contribution is -0.386. The molecule has 0 aromatic carbocycles. The Bertz CT molecular complexity index is 446. The number of nitrogens with zero attached hydrogens (tertiary/aromatic N) is 2. The number of nitro groups is 1. The standard InChI is InChI=1S/C12H17BrN2O6/c1-18-2-3-19-4-5-20-6-7-21-12-11(15(16)17)8-10(13)9-14-12/h8-9H,2-7H2,1H3. The molecular weight excluding hydrogens is 348 g/mol. The molecule has 0 amide bonds. The Morgan fingerprint density at radius 2 is 1.81 bits per heavy atom. The Hall–Kier alpha value is -1.29. The number of halogens is 1. The molecule has 0 saturated carbocycles. The van der Waals surface area contributed by atoms with E-state index in [0.29, 0.717) is 37.5 Å². The molecule has 0 atom stereocenters. The van der Waals surface area contributed by atoms with Gasteiger partial charge in [-0.25, -0.2) is 4.98 Å². The third-order valence-electron chi connectivity index (χ3n) is 2.27. The van der Waals surface area contributed by atoms with Crippen molar-refractivity contribution in [1.82, 2.24) is 4.98 Å². The molecule has 1 rings (SSSR count). The fourth-order valence-electron chi connectivity index (χ4n) is 1.32. The minimum atomic E-state index is -0.544. The predicted octanol–water partition coefficient (Wildman–Crippen LogP) is 1.81. The maximum atomic E-state index is 10.8. The van der Waals surface area contributed by atoms with Gasteiger partial charge in [0.1, 0.15) is 6.61 Å². The van der Waals surface area contributed by atoms with Gasteiger partial charge in [0, 0.05) is 23.8 Å². The molecule has 0 spiro atoms. The Morgan fingerprint density at radius 3 is 2.43 bits per heavy atom. The Kier molecular flexibility index (Phi) is 8.83. The molecule has 1 heterocycles. The number of hydrogen-bond donors (Lipinski definition) is 0. The first kappa shape index (κ1) is 17.8. The first-order valence-corrected chi connectivity index (χ1v) is 7.01. The van der Waals surface area contributed by atoms with E-state index in [1.165, 1.54) is 12.3 Å². The first-order valence-electron chi connectivity index (χ1n) is 6.22. The molecule has 1 aromatic rings. The van der Waals surface area contributed by atoms with Crippen LogP contribution in [0.5, 0.6) is 5.88 Å². The molecule has 0 radical (unpaired) electrons. The van der Waals surface area contributed by atoms with E-state index in [2.05, 4.69) is 20.9 Å². The predicted molar refractivity (Wildman–Crippen MR) is 77.6 cm³/mol. The van der Waals surface area contributed by atoms with Crippen LogP contribution in [-0.4, -0.2) is 56.7 Å². The largest absolute Gasteiger partial charge is 0.470 e. The van der Waals surface area contributed by atoms with Crippen LogP contribution in [0.2, 0.25) is 0 Å². The summed E-state index contributed by atoms with van der Waals surface area (Å²) in [5.74, 6) is -0.0249. The van der Waals surface area contributed by atoms with Crippen LogP contribution in [-0.2, 0) is 14.2 Å². The molecule has 0 aliphatic carbocycles. The number of methoxy groups -OCH3 is 1. The molecule has 0 bridgehead atoms. The topological polar surface area (TPSA) is 93.0 Å². The number of rotatable bonds is 11. The summed E-state index contributed by atoms with van der Waals surface area (Å²) in [6, 6.07) is 1.34. The van der Waals surface area contributed by atoms with Crippen molar-refractivity contribution < 1.29 is 23.9 Å². The van der Waals surface area contributed by atoms with Crippen LogP contribution in [0.1, 0.15) is 0 Å². The highest BCUT2D eigenvalue weighted by Crippen LogP contribution is 2.27. The highest BCUT2D eigenvalue weighted by atomic mass is 79.9. The van der Waals surface area contributed by atoms with Crippen LogP contribution in [0.15, 0.2) is 16.7 Å². The number of hydrogen-bond acceptors (Lipinski definition) is 7. The zero-order valence-electron chi connectivity index (χ0n) is 11.6. The van der Waals surface area contributed by atoms with E-state index in [1.807, 2.05) is 0 Å². The summed E-state index contributed by atoms with van der Waals surface area (Å²) in [6.45, 7) is 2.41. The molecule has 0 fully saturated rings. The van der Waals surface area contributed by atoms with Crippen LogP contribution >= 0.6 is 15.9 Å². The van der Waals surface area contributed by atoms with E-state index in [4.69, 9.17) is 18.9 Å². The van der Waals surface area contributed by atoms with E-state index in [1.54, 1.807) is 7.11 Å². The second kappa shape index (κ2) is 10.4. The molecule has 0 N–H and O–H groups in total. The SMILES string of the molecule is COCCOCCOCCOc1ncc(Br)cc1[N+](=O)[O-]. The summed E-state index contributed by atoms with van der Waals surface area (Å²) in [6.07, 6.45) is 1.44. The Labute approximate surface area is 130 Å². The fraction of sp³-hybridized carbons (Fsp3) is 0.583. The van der Waals surface area contributed by atoms with Gasteiger partial charge in [-0.05, 0) is 15.9 Å². The molecule has 9 heteroatoms. The maximum Gasteiger partial charge on any atom is 0.332 e. The van der Waals surface area contributed by atoms with Gasteiger partial charge in [-0.1, -0.05) is 0 Å². The van der Waals surface area contributed by atoms with Crippen molar-refractivity contribution in [2.75, 3.05) is 46.8 Å². The van der Waals surface area contributed by atoms with Gasteiger partial charge in [-0.15, -0.1) is 0 Å². The Morgan fingerprint density at radius 1 is 1.19 bits per heavy atom. The van der Waals surface area contributed by atoms with Gasteiger partial charge >= 0.3 is 5.69 Å². The summed E-state index contributed by atoms with van der Waals surface area (Å²) < 4.78 is 21.0. The zero-order chi connectivity index (χ0) is 15.5. The summed E-state index contributed by atoms with van der Waals surface area (Å²) in [5, 5.41) is 10.8. The first-order chi connectivity index (χ1) is 10.1. The summed E-state index contributed by atoms with van der Waals surface area (Å²) in [7, 11) is 1.60. The maximum absolute atomic E-state index is 10.8. The molecule has 1 aromatic heterocycles. The average molecular weight is 365 g/mol. The van der Waals surface area contributed by atoms with Crippen LogP contribution in [0.3, 0.4) is 0 Å². The number of ether oxygens (including phenoxy) is 4. The zero-order valence-corrected chi connectivity index (χ0v) is 13.2. The van der Waals surface area contributed by atoms with Gasteiger partial charge in [0.2, 0.25) is 0 Å². The van der Waals surface area contributed by atoms with Crippen molar-refractivity contribution in [3.8, 4) is 5.88 Å². The number of aromatic nitrogens is 1. The van der Waals surface area contributed by atoms with Gasteiger partial charge in [0.25, 0.3) is 5.88 Å². The average Bonchev–Trinajstić information content (AvgIpc) is 2.46. The smallest absolute Gasteiger partial charge is 0.332 e. The molecule has 0 aliphatic rings. The van der Waals surface area contributed by atoms with Crippen molar-refractivity contribution in [3.63, 3.8) is 0 Å². The highest BCUT2D eigenvalue weighted by molar-refractivity contribution is 9.10. The van der Waals surface area contributed by atoms with Gasteiger partial charge in [-0.2, -0.15) is 0 Å². The Balaban J connectivity index is 2.20. The molecule has 21 heavy (non-hydrogen) atoms. The van der Waals surface area contributed by atoms with E-state index >= 15 is 0 Å². The second-order valence-electron chi connectivity index (χ2n) is 3.80. The van der Waals surface area contributed by atoms with Crippen molar-refractivity contribution in [1.29, 1.82) is 0 Å². The normalized spacial score (nSPS) is 10.6. The van der Waals surface area contributed by atoms with E-state index < -0.39 is 4.92 Å². The van der Waals surface area contributed by atoms with Gasteiger partial charge < -0.3 is 18.9 Å².